The van der Waals surface area contributed by atoms with Gasteiger partial charge in [-0.15, -0.1) is 20.4 Å². The minimum absolute atomic E-state index is 0.280. The van der Waals surface area contributed by atoms with E-state index in [4.69, 9.17) is 23.2 Å². The Balaban J connectivity index is 2.49. The molecule has 0 atom stereocenters. The van der Waals surface area contributed by atoms with Gasteiger partial charge in [-0.1, -0.05) is 23.2 Å². The van der Waals surface area contributed by atoms with Crippen molar-refractivity contribution in [1.82, 2.24) is 25.4 Å². The molecular weight excluding hydrogens is 237 g/mol. The van der Waals surface area contributed by atoms with Crippen LogP contribution in [0.15, 0.2) is 12.3 Å². The fourth-order valence-electron chi connectivity index (χ4n) is 0.953. The molecule has 0 saturated carbocycles. The lowest BCUT2D eigenvalue weighted by Crippen LogP contribution is -2.00. The van der Waals surface area contributed by atoms with E-state index in [1.165, 1.54) is 6.20 Å². The molecule has 2 rings (SSSR count). The van der Waals surface area contributed by atoms with Crippen molar-refractivity contribution in [2.45, 2.75) is 6.92 Å². The van der Waals surface area contributed by atoms with Crippen LogP contribution in [-0.4, -0.2) is 25.4 Å². The van der Waals surface area contributed by atoms with Crippen molar-refractivity contribution in [2.24, 2.45) is 0 Å². The second-order valence-corrected chi connectivity index (χ2v) is 3.60. The van der Waals surface area contributed by atoms with Crippen molar-refractivity contribution in [3.05, 3.63) is 28.1 Å². The Labute approximate surface area is 95.5 Å². The monoisotopic (exact) mass is 241 g/mol. The molecule has 0 unspecified atom stereocenters. The topological polar surface area (TPSA) is 64.5 Å². The van der Waals surface area contributed by atoms with E-state index in [1.54, 1.807) is 13.0 Å². The first-order chi connectivity index (χ1) is 7.16. The van der Waals surface area contributed by atoms with Crippen molar-refractivity contribution in [3.8, 4) is 11.5 Å². The van der Waals surface area contributed by atoms with Crippen molar-refractivity contribution in [3.63, 3.8) is 0 Å². The van der Waals surface area contributed by atoms with Crippen molar-refractivity contribution >= 4 is 23.2 Å². The number of aromatic nitrogens is 5. The summed E-state index contributed by atoms with van der Waals surface area (Å²) in [6.45, 7) is 1.70. The normalized spacial score (nSPS) is 10.3. The van der Waals surface area contributed by atoms with Gasteiger partial charge in [-0.05, 0) is 13.0 Å². The van der Waals surface area contributed by atoms with Crippen LogP contribution in [0.4, 0.5) is 0 Å². The van der Waals surface area contributed by atoms with Crippen LogP contribution in [-0.2, 0) is 0 Å². The number of nitrogens with zero attached hydrogens (tertiary/aromatic N) is 5. The third kappa shape index (κ3) is 2.19. The molecule has 2 heterocycles. The third-order valence-corrected chi connectivity index (χ3v) is 2.09. The molecule has 0 radical (unpaired) electrons. The number of pyridine rings is 1. The van der Waals surface area contributed by atoms with Crippen molar-refractivity contribution in [1.29, 1.82) is 0 Å². The molecule has 7 heteroatoms. The molecule has 0 aromatic carbocycles. The van der Waals surface area contributed by atoms with Gasteiger partial charge in [0.25, 0.3) is 0 Å². The van der Waals surface area contributed by atoms with Crippen LogP contribution in [0.5, 0.6) is 0 Å². The molecule has 15 heavy (non-hydrogen) atoms. The second-order valence-electron chi connectivity index (χ2n) is 2.75. The Morgan fingerprint density at radius 1 is 1.07 bits per heavy atom. The van der Waals surface area contributed by atoms with E-state index in [0.717, 1.165) is 0 Å². The van der Waals surface area contributed by atoms with Gasteiger partial charge in [-0.25, -0.2) is 4.98 Å². The first kappa shape index (κ1) is 10.2. The van der Waals surface area contributed by atoms with E-state index in [9.17, 15) is 0 Å². The summed E-state index contributed by atoms with van der Waals surface area (Å²) in [5.74, 6) is 0.770. The SMILES string of the molecule is Cc1nnc(-c2ncc(Cl)cc2Cl)nn1. The molecule has 5 nitrogen and oxygen atoms in total. The molecule has 0 fully saturated rings. The predicted molar refractivity (Wildman–Crippen MR) is 55.6 cm³/mol. The molecule has 0 saturated heterocycles. The number of halogens is 2. The lowest BCUT2D eigenvalue weighted by Gasteiger charge is -2.00. The van der Waals surface area contributed by atoms with Gasteiger partial charge in [0.1, 0.15) is 5.69 Å². The fourth-order valence-corrected chi connectivity index (χ4v) is 1.42. The van der Waals surface area contributed by atoms with E-state index in [1.807, 2.05) is 0 Å². The van der Waals surface area contributed by atoms with Gasteiger partial charge in [0.15, 0.2) is 5.82 Å². The molecule has 76 valence electrons. The van der Waals surface area contributed by atoms with Gasteiger partial charge >= 0.3 is 0 Å². The minimum atomic E-state index is 0.280. The largest absolute Gasteiger partial charge is 0.250 e. The van der Waals surface area contributed by atoms with Gasteiger partial charge in [0, 0.05) is 6.20 Å². The number of aryl methyl sites for hydroxylation is 1. The molecule has 2 aromatic heterocycles. The molecular formula is C8H5Cl2N5. The van der Waals surface area contributed by atoms with E-state index in [2.05, 4.69) is 25.4 Å². The van der Waals surface area contributed by atoms with Crippen LogP contribution in [0.3, 0.4) is 0 Å². The quantitative estimate of drug-likeness (QED) is 0.764. The van der Waals surface area contributed by atoms with Gasteiger partial charge in [0.2, 0.25) is 5.82 Å². The summed E-state index contributed by atoms with van der Waals surface area (Å²) in [5, 5.41) is 16.0. The van der Waals surface area contributed by atoms with E-state index < -0.39 is 0 Å². The maximum Gasteiger partial charge on any atom is 0.223 e. The highest BCUT2D eigenvalue weighted by molar-refractivity contribution is 6.35. The molecule has 0 N–H and O–H groups in total. The minimum Gasteiger partial charge on any atom is -0.250 e. The van der Waals surface area contributed by atoms with E-state index in [0.29, 0.717) is 21.6 Å². The summed E-state index contributed by atoms with van der Waals surface area (Å²) < 4.78 is 0. The third-order valence-electron chi connectivity index (χ3n) is 1.60. The Bertz CT molecular complexity index is 485. The molecule has 0 spiro atoms. The average Bonchev–Trinajstić information content (AvgIpc) is 2.20. The summed E-state index contributed by atoms with van der Waals surface area (Å²) in [6.07, 6.45) is 1.46. The van der Waals surface area contributed by atoms with Crippen LogP contribution < -0.4 is 0 Å². The van der Waals surface area contributed by atoms with E-state index >= 15 is 0 Å². The molecule has 0 aliphatic carbocycles. The lowest BCUT2D eigenvalue weighted by molar-refractivity contribution is 0.812. The first-order valence-corrected chi connectivity index (χ1v) is 4.78. The van der Waals surface area contributed by atoms with Crippen LogP contribution in [0.1, 0.15) is 5.82 Å². The van der Waals surface area contributed by atoms with Crippen LogP contribution >= 0.6 is 23.2 Å². The zero-order valence-electron chi connectivity index (χ0n) is 7.65. The first-order valence-electron chi connectivity index (χ1n) is 4.02. The number of hydrogen-bond acceptors (Lipinski definition) is 5. The fraction of sp³-hybridized carbons (Fsp3) is 0.125. The van der Waals surface area contributed by atoms with Gasteiger partial charge in [-0.2, -0.15) is 0 Å². The highest BCUT2D eigenvalue weighted by Crippen LogP contribution is 2.24. The molecule has 2 aromatic rings. The number of hydrogen-bond donors (Lipinski definition) is 0. The van der Waals surface area contributed by atoms with E-state index in [-0.39, 0.29) is 5.82 Å². The van der Waals surface area contributed by atoms with Gasteiger partial charge < -0.3 is 0 Å². The molecule has 0 aliphatic rings. The summed E-state index contributed by atoms with van der Waals surface area (Å²) in [6, 6.07) is 1.56. The Morgan fingerprint density at radius 2 is 1.73 bits per heavy atom. The highest BCUT2D eigenvalue weighted by atomic mass is 35.5. The maximum atomic E-state index is 5.92. The Morgan fingerprint density at radius 3 is 2.33 bits per heavy atom. The van der Waals surface area contributed by atoms with Gasteiger partial charge in [-0.3, -0.25) is 0 Å². The highest BCUT2D eigenvalue weighted by Gasteiger charge is 2.09. The van der Waals surface area contributed by atoms with Crippen molar-refractivity contribution in [2.75, 3.05) is 0 Å². The number of rotatable bonds is 1. The standard InChI is InChI=1S/C8H5Cl2N5/c1-4-12-14-8(15-13-4)7-6(10)2-5(9)3-11-7/h2-3H,1H3. The second kappa shape index (κ2) is 4.04. The maximum absolute atomic E-state index is 5.92. The summed E-state index contributed by atoms with van der Waals surface area (Å²) >= 11 is 11.6. The summed E-state index contributed by atoms with van der Waals surface area (Å²) in [7, 11) is 0. The van der Waals surface area contributed by atoms with Crippen molar-refractivity contribution < 1.29 is 0 Å². The molecule has 0 aliphatic heterocycles. The molecule has 0 bridgehead atoms. The summed E-state index contributed by atoms with van der Waals surface area (Å²) in [4.78, 5) is 4.01. The summed E-state index contributed by atoms with van der Waals surface area (Å²) in [5.41, 5.74) is 0.418. The Kier molecular flexibility index (Phi) is 2.75. The zero-order valence-corrected chi connectivity index (χ0v) is 9.16. The van der Waals surface area contributed by atoms with Crippen LogP contribution in [0.25, 0.3) is 11.5 Å². The molecule has 0 amide bonds. The van der Waals surface area contributed by atoms with Gasteiger partial charge in [0.05, 0.1) is 10.0 Å². The van der Waals surface area contributed by atoms with Crippen LogP contribution in [0.2, 0.25) is 10.0 Å². The zero-order chi connectivity index (χ0) is 10.8. The average molecular weight is 242 g/mol. The van der Waals surface area contributed by atoms with Crippen LogP contribution in [0, 0.1) is 6.92 Å². The lowest BCUT2D eigenvalue weighted by atomic mass is 10.3. The Hall–Kier alpha value is -1.33. The predicted octanol–water partition coefficient (Wildman–Crippen LogP) is 1.94. The smallest absolute Gasteiger partial charge is 0.223 e.